The lowest BCUT2D eigenvalue weighted by molar-refractivity contribution is -0.384. The monoisotopic (exact) mass is 369 g/mol. The first kappa shape index (κ1) is 19.0. The molecule has 1 aliphatic rings. The highest BCUT2D eigenvalue weighted by atomic mass is 35.5. The van der Waals surface area contributed by atoms with Crippen LogP contribution in [0, 0.1) is 16.0 Å². The highest BCUT2D eigenvalue weighted by Crippen LogP contribution is 2.28. The molecule has 0 heterocycles. The molecule has 0 radical (unpaired) electrons. The molecule has 8 nitrogen and oxygen atoms in total. The van der Waals surface area contributed by atoms with Crippen LogP contribution in [0.3, 0.4) is 0 Å². The fourth-order valence-electron chi connectivity index (χ4n) is 2.76. The lowest BCUT2D eigenvalue weighted by Gasteiger charge is -2.29. The van der Waals surface area contributed by atoms with Gasteiger partial charge in [-0.2, -0.15) is 0 Å². The van der Waals surface area contributed by atoms with Crippen molar-refractivity contribution in [3.63, 3.8) is 0 Å². The van der Waals surface area contributed by atoms with Gasteiger partial charge in [0.1, 0.15) is 5.75 Å². The highest BCUT2D eigenvalue weighted by Gasteiger charge is 2.23. The summed E-state index contributed by atoms with van der Waals surface area (Å²) in [5, 5.41) is 15.7. The Bertz CT molecular complexity index is 667. The number of carbonyl (C=O) groups is 2. The highest BCUT2D eigenvalue weighted by molar-refractivity contribution is 6.32. The van der Waals surface area contributed by atoms with E-state index in [1.807, 2.05) is 0 Å². The van der Waals surface area contributed by atoms with Crippen LogP contribution in [-0.2, 0) is 4.79 Å². The summed E-state index contributed by atoms with van der Waals surface area (Å²) in [7, 11) is 0. The molecule has 2 unspecified atom stereocenters. The van der Waals surface area contributed by atoms with E-state index in [1.54, 1.807) is 0 Å². The molecule has 2 atom stereocenters. The molecule has 0 bridgehead atoms. The van der Waals surface area contributed by atoms with Crippen LogP contribution in [0.2, 0.25) is 5.02 Å². The average Bonchev–Trinajstić information content (AvgIpc) is 2.55. The number of nitro groups is 1. The number of rotatable bonds is 5. The van der Waals surface area contributed by atoms with E-state index in [2.05, 4.69) is 17.6 Å². The van der Waals surface area contributed by atoms with E-state index in [1.165, 1.54) is 12.1 Å². The van der Waals surface area contributed by atoms with Gasteiger partial charge in [0.25, 0.3) is 11.6 Å². The van der Waals surface area contributed by atoms with Crippen LogP contribution in [0.5, 0.6) is 5.75 Å². The molecule has 0 aliphatic heterocycles. The van der Waals surface area contributed by atoms with Gasteiger partial charge in [0, 0.05) is 18.2 Å². The number of nitrogens with zero attached hydrogens (tertiary/aromatic N) is 1. The molecule has 9 heteroatoms. The van der Waals surface area contributed by atoms with Crippen molar-refractivity contribution in [2.24, 2.45) is 5.92 Å². The number of nitrogens with one attached hydrogen (secondary N) is 2. The van der Waals surface area contributed by atoms with Crippen molar-refractivity contribution < 1.29 is 19.2 Å². The molecule has 1 aliphatic carbocycles. The Morgan fingerprint density at radius 2 is 2.08 bits per heavy atom. The number of non-ortho nitro benzene ring substituents is 1. The van der Waals surface area contributed by atoms with E-state index < -0.39 is 23.5 Å². The van der Waals surface area contributed by atoms with Crippen molar-refractivity contribution in [3.05, 3.63) is 33.3 Å². The molecule has 25 heavy (non-hydrogen) atoms. The second-order valence-corrected chi connectivity index (χ2v) is 6.46. The van der Waals surface area contributed by atoms with E-state index in [0.717, 1.165) is 31.7 Å². The third-order valence-corrected chi connectivity index (χ3v) is 4.46. The number of hydrogen-bond donors (Lipinski definition) is 2. The summed E-state index contributed by atoms with van der Waals surface area (Å²) in [6, 6.07) is 3.16. The number of carbonyl (C=O) groups excluding carboxylic acids is 2. The van der Waals surface area contributed by atoms with Gasteiger partial charge in [-0.05, 0) is 24.8 Å². The standard InChI is InChI=1S/C16H20ClN3O5/c1-10-4-2-3-5-13(10)18-16(22)19-15(21)9-25-14-7-6-11(20(23)24)8-12(14)17/h6-8,10,13H,2-5,9H2,1H3,(H2,18,19,21,22). The molecule has 0 aromatic heterocycles. The van der Waals surface area contributed by atoms with Crippen molar-refractivity contribution in [2.45, 2.75) is 38.6 Å². The van der Waals surface area contributed by atoms with Crippen LogP contribution >= 0.6 is 11.6 Å². The van der Waals surface area contributed by atoms with E-state index >= 15 is 0 Å². The Balaban J connectivity index is 1.80. The molecule has 1 aromatic rings. The maximum absolute atomic E-state index is 11.9. The molecule has 0 saturated heterocycles. The lowest BCUT2D eigenvalue weighted by atomic mass is 9.86. The molecule has 1 aromatic carbocycles. The normalized spacial score (nSPS) is 19.8. The molecule has 136 valence electrons. The second-order valence-electron chi connectivity index (χ2n) is 6.05. The van der Waals surface area contributed by atoms with E-state index in [-0.39, 0.29) is 22.5 Å². The fourth-order valence-corrected chi connectivity index (χ4v) is 2.99. The van der Waals surface area contributed by atoms with Crippen LogP contribution in [0.1, 0.15) is 32.6 Å². The molecule has 1 fully saturated rings. The van der Waals surface area contributed by atoms with Gasteiger partial charge in [0.05, 0.1) is 9.95 Å². The van der Waals surface area contributed by atoms with Crippen molar-refractivity contribution in [2.75, 3.05) is 6.61 Å². The predicted octanol–water partition coefficient (Wildman–Crippen LogP) is 3.03. The second kappa shape index (κ2) is 8.66. The van der Waals surface area contributed by atoms with Gasteiger partial charge in [-0.15, -0.1) is 0 Å². The van der Waals surface area contributed by atoms with Crippen LogP contribution < -0.4 is 15.4 Å². The summed E-state index contributed by atoms with van der Waals surface area (Å²) in [5.41, 5.74) is -0.178. The number of urea groups is 1. The number of halogens is 1. The smallest absolute Gasteiger partial charge is 0.321 e. The summed E-state index contributed by atoms with van der Waals surface area (Å²) >= 11 is 5.87. The number of nitro benzene ring substituents is 1. The van der Waals surface area contributed by atoms with Crippen LogP contribution in [0.25, 0.3) is 0 Å². The Labute approximate surface area is 150 Å². The molecule has 3 amide bonds. The summed E-state index contributed by atoms with van der Waals surface area (Å²) in [5.74, 6) is -0.121. The minimum absolute atomic E-state index is 0.0162. The van der Waals surface area contributed by atoms with E-state index in [4.69, 9.17) is 16.3 Å². The first-order valence-corrected chi connectivity index (χ1v) is 8.41. The third kappa shape index (κ3) is 5.60. The maximum Gasteiger partial charge on any atom is 0.321 e. The Morgan fingerprint density at radius 3 is 2.72 bits per heavy atom. The molecule has 2 rings (SSSR count). The Morgan fingerprint density at radius 1 is 1.36 bits per heavy atom. The molecule has 2 N–H and O–H groups in total. The van der Waals surface area contributed by atoms with Gasteiger partial charge in [-0.3, -0.25) is 20.2 Å². The van der Waals surface area contributed by atoms with Gasteiger partial charge >= 0.3 is 6.03 Å². The van der Waals surface area contributed by atoms with Crippen molar-refractivity contribution >= 4 is 29.2 Å². The zero-order valence-corrected chi connectivity index (χ0v) is 14.5. The summed E-state index contributed by atoms with van der Waals surface area (Å²) < 4.78 is 5.20. The lowest BCUT2D eigenvalue weighted by Crippen LogP contribution is -2.48. The quantitative estimate of drug-likeness (QED) is 0.612. The first-order valence-electron chi connectivity index (χ1n) is 8.04. The molecular formula is C16H20ClN3O5. The zero-order valence-electron chi connectivity index (χ0n) is 13.8. The summed E-state index contributed by atoms with van der Waals surface area (Å²) in [4.78, 5) is 33.7. The predicted molar refractivity (Wildman–Crippen MR) is 91.7 cm³/mol. The Kier molecular flexibility index (Phi) is 6.58. The summed E-state index contributed by atoms with van der Waals surface area (Å²) in [6.07, 6.45) is 4.17. The van der Waals surface area contributed by atoms with Crippen molar-refractivity contribution in [1.29, 1.82) is 0 Å². The molecular weight excluding hydrogens is 350 g/mol. The van der Waals surface area contributed by atoms with Gasteiger partial charge < -0.3 is 10.1 Å². The van der Waals surface area contributed by atoms with Gasteiger partial charge in [-0.1, -0.05) is 31.4 Å². The third-order valence-electron chi connectivity index (χ3n) is 4.17. The largest absolute Gasteiger partial charge is 0.482 e. The van der Waals surface area contributed by atoms with Gasteiger partial charge in [0.2, 0.25) is 0 Å². The topological polar surface area (TPSA) is 111 Å². The van der Waals surface area contributed by atoms with E-state index in [9.17, 15) is 19.7 Å². The number of imide groups is 1. The van der Waals surface area contributed by atoms with E-state index in [0.29, 0.717) is 5.92 Å². The first-order chi connectivity index (χ1) is 11.9. The minimum Gasteiger partial charge on any atom is -0.482 e. The maximum atomic E-state index is 11.9. The van der Waals surface area contributed by atoms with Gasteiger partial charge in [-0.25, -0.2) is 4.79 Å². The number of ether oxygens (including phenoxy) is 1. The summed E-state index contributed by atoms with van der Waals surface area (Å²) in [6.45, 7) is 1.65. The molecule has 1 saturated carbocycles. The fraction of sp³-hybridized carbons (Fsp3) is 0.500. The van der Waals surface area contributed by atoms with Crippen molar-refractivity contribution in [3.8, 4) is 5.75 Å². The van der Waals surface area contributed by atoms with Gasteiger partial charge in [0.15, 0.2) is 6.61 Å². The number of amides is 3. The average molecular weight is 370 g/mol. The SMILES string of the molecule is CC1CCCCC1NC(=O)NC(=O)COc1ccc([N+](=O)[O-])cc1Cl. The van der Waals surface area contributed by atoms with Crippen LogP contribution in [0.15, 0.2) is 18.2 Å². The minimum atomic E-state index is -0.629. The van der Waals surface area contributed by atoms with Crippen LogP contribution in [-0.4, -0.2) is 29.5 Å². The van der Waals surface area contributed by atoms with Crippen molar-refractivity contribution in [1.82, 2.24) is 10.6 Å². The zero-order chi connectivity index (χ0) is 18.4. The number of hydrogen-bond acceptors (Lipinski definition) is 5. The Hall–Kier alpha value is -2.35. The number of benzene rings is 1. The van der Waals surface area contributed by atoms with Crippen LogP contribution in [0.4, 0.5) is 10.5 Å². The molecule has 0 spiro atoms.